The number of piperidine rings is 1. The van der Waals surface area contributed by atoms with E-state index in [9.17, 15) is 27.2 Å². The second kappa shape index (κ2) is 12.4. The summed E-state index contributed by atoms with van der Waals surface area (Å²) in [6.45, 7) is 9.22. The van der Waals surface area contributed by atoms with Gasteiger partial charge in [-0.2, -0.15) is 13.2 Å². The number of ether oxygens (including phenoxy) is 1. The van der Waals surface area contributed by atoms with Gasteiger partial charge in [0, 0.05) is 31.4 Å². The fraction of sp³-hybridized carbons (Fsp3) is 0.481. The fourth-order valence-corrected chi connectivity index (χ4v) is 4.25. The summed E-state index contributed by atoms with van der Waals surface area (Å²) in [6, 6.07) is 7.83. The van der Waals surface area contributed by atoms with E-state index < -0.39 is 17.8 Å². The fourth-order valence-electron chi connectivity index (χ4n) is 4.25. The molecule has 2 N–H and O–H groups in total. The van der Waals surface area contributed by atoms with E-state index in [1.54, 1.807) is 24.8 Å². The van der Waals surface area contributed by atoms with Crippen molar-refractivity contribution in [1.29, 1.82) is 0 Å². The molecular weight excluding hydrogens is 504 g/mol. The van der Waals surface area contributed by atoms with Crippen LogP contribution >= 0.6 is 0 Å². The van der Waals surface area contributed by atoms with Crippen LogP contribution in [-0.4, -0.2) is 42.3 Å². The van der Waals surface area contributed by atoms with Crippen molar-refractivity contribution in [3.05, 3.63) is 53.3 Å². The highest BCUT2D eigenvalue weighted by atomic mass is 19.4. The molecule has 3 amide bonds. The normalized spacial score (nSPS) is 15.5. The lowest BCUT2D eigenvalue weighted by molar-refractivity contribution is -0.137. The van der Waals surface area contributed by atoms with Crippen LogP contribution in [-0.2, 0) is 17.5 Å². The Morgan fingerprint density at radius 2 is 1.71 bits per heavy atom. The van der Waals surface area contributed by atoms with Crippen molar-refractivity contribution in [3.8, 4) is 0 Å². The molecule has 2 aromatic rings. The van der Waals surface area contributed by atoms with E-state index in [2.05, 4.69) is 10.6 Å². The topological polar surface area (TPSA) is 73.9 Å². The summed E-state index contributed by atoms with van der Waals surface area (Å²) in [5.41, 5.74) is 1.46. The predicted octanol–water partition coefficient (Wildman–Crippen LogP) is 7.23. The Kier molecular flexibility index (Phi) is 9.45. The smallest absolute Gasteiger partial charge is 0.416 e. The highest BCUT2D eigenvalue weighted by Gasteiger charge is 2.32. The third kappa shape index (κ3) is 7.75. The number of amides is 3. The van der Waals surface area contributed by atoms with Crippen molar-refractivity contribution in [2.45, 2.75) is 71.8 Å². The van der Waals surface area contributed by atoms with Crippen LogP contribution in [0, 0.1) is 5.82 Å². The highest BCUT2D eigenvalue weighted by molar-refractivity contribution is 5.92. The van der Waals surface area contributed by atoms with Gasteiger partial charge in [0.25, 0.3) is 0 Å². The molecule has 0 aliphatic carbocycles. The van der Waals surface area contributed by atoms with Crippen LogP contribution < -0.4 is 15.5 Å². The largest absolute Gasteiger partial charge is 0.447 e. The summed E-state index contributed by atoms with van der Waals surface area (Å²) in [7, 11) is 0. The molecule has 0 bridgehead atoms. The highest BCUT2D eigenvalue weighted by Crippen LogP contribution is 2.36. The van der Waals surface area contributed by atoms with E-state index in [0.29, 0.717) is 17.9 Å². The molecule has 2 aliphatic rings. The number of carbonyl (C=O) groups excluding carboxylic acids is 2. The number of nitrogens with one attached hydrogen (secondary N) is 2. The lowest BCUT2D eigenvalue weighted by Crippen LogP contribution is -2.42. The molecule has 0 unspecified atom stereocenters. The van der Waals surface area contributed by atoms with Crippen LogP contribution in [0.3, 0.4) is 0 Å². The number of alkyl halides is 3. The Morgan fingerprint density at radius 1 is 1.03 bits per heavy atom. The second-order valence-corrected chi connectivity index (χ2v) is 9.81. The Bertz CT molecular complexity index is 1130. The molecule has 2 aliphatic heterocycles. The molecule has 2 aromatic carbocycles. The molecule has 208 valence electrons. The van der Waals surface area contributed by atoms with Gasteiger partial charge < -0.3 is 19.9 Å². The number of nitrogens with zero attached hydrogens (tertiary/aromatic N) is 2. The maximum atomic E-state index is 13.0. The first-order valence-corrected chi connectivity index (χ1v) is 12.6. The summed E-state index contributed by atoms with van der Waals surface area (Å²) < 4.78 is 56.8. The van der Waals surface area contributed by atoms with Gasteiger partial charge in [0.05, 0.1) is 23.0 Å². The molecule has 0 aromatic heterocycles. The predicted molar refractivity (Wildman–Crippen MR) is 139 cm³/mol. The number of carbonyl (C=O) groups is 2. The Hall–Kier alpha value is -3.50. The molecule has 11 heteroatoms. The molecule has 38 heavy (non-hydrogen) atoms. The van der Waals surface area contributed by atoms with Crippen molar-refractivity contribution >= 4 is 29.2 Å². The number of halogens is 4. The number of rotatable bonds is 4. The first-order valence-electron chi connectivity index (χ1n) is 12.6. The standard InChI is InChI=1S/C16H21F3N2O2.C11H13FN2O/c1-11(2)23-15(22)20-13-10-12(16(17,18)19)6-7-14(13)21-8-4-3-5-9-21;1-7(2)14-6-8-5-9(12)3-4-10(8)13-11(14)15/h6-7,10-11H,3-5,8-9H2,1-2H3,(H,20,22);3-5,7H,6H2,1-2H3,(H,13,15). The van der Waals surface area contributed by atoms with Crippen molar-refractivity contribution in [1.82, 2.24) is 4.90 Å². The molecule has 0 radical (unpaired) electrons. The molecule has 2 heterocycles. The minimum absolute atomic E-state index is 0.112. The van der Waals surface area contributed by atoms with Crippen LogP contribution in [0.15, 0.2) is 36.4 Å². The van der Waals surface area contributed by atoms with E-state index in [1.807, 2.05) is 18.7 Å². The molecule has 0 spiro atoms. The molecule has 1 saturated heterocycles. The van der Waals surface area contributed by atoms with Crippen LogP contribution in [0.25, 0.3) is 0 Å². The maximum Gasteiger partial charge on any atom is 0.416 e. The van der Waals surface area contributed by atoms with Gasteiger partial charge >= 0.3 is 18.3 Å². The number of anilines is 3. The zero-order valence-corrected chi connectivity index (χ0v) is 22.0. The summed E-state index contributed by atoms with van der Waals surface area (Å²) in [4.78, 5) is 27.1. The van der Waals surface area contributed by atoms with Crippen molar-refractivity contribution in [2.75, 3.05) is 28.6 Å². The van der Waals surface area contributed by atoms with Gasteiger partial charge in [0.15, 0.2) is 0 Å². The van der Waals surface area contributed by atoms with Gasteiger partial charge in [-0.05, 0) is 88.9 Å². The van der Waals surface area contributed by atoms with E-state index in [-0.39, 0.29) is 29.7 Å². The summed E-state index contributed by atoms with van der Waals surface area (Å²) >= 11 is 0. The van der Waals surface area contributed by atoms with E-state index in [1.165, 1.54) is 18.2 Å². The van der Waals surface area contributed by atoms with E-state index >= 15 is 0 Å². The van der Waals surface area contributed by atoms with Gasteiger partial charge in [-0.15, -0.1) is 0 Å². The van der Waals surface area contributed by atoms with E-state index in [4.69, 9.17) is 4.74 Å². The third-order valence-electron chi connectivity index (χ3n) is 6.13. The van der Waals surface area contributed by atoms with Gasteiger partial charge in [0.1, 0.15) is 5.82 Å². The average molecular weight is 539 g/mol. The Labute approximate surface area is 220 Å². The van der Waals surface area contributed by atoms with Crippen molar-refractivity contribution in [2.24, 2.45) is 0 Å². The molecule has 0 atom stereocenters. The first kappa shape index (κ1) is 29.1. The van der Waals surface area contributed by atoms with Gasteiger partial charge in [-0.3, -0.25) is 5.32 Å². The van der Waals surface area contributed by atoms with Crippen LogP contribution in [0.2, 0.25) is 0 Å². The maximum absolute atomic E-state index is 13.0. The van der Waals surface area contributed by atoms with Gasteiger partial charge in [-0.25, -0.2) is 14.0 Å². The van der Waals surface area contributed by atoms with Gasteiger partial charge in [-0.1, -0.05) is 0 Å². The zero-order valence-electron chi connectivity index (χ0n) is 22.0. The SMILES string of the molecule is CC(C)N1Cc2cc(F)ccc2NC1=O.CC(C)OC(=O)Nc1cc(C(F)(F)F)ccc1N1CCCCC1. The molecular formula is C27H34F4N4O3. The number of benzene rings is 2. The minimum Gasteiger partial charge on any atom is -0.447 e. The minimum atomic E-state index is -4.46. The number of hydrogen-bond donors (Lipinski definition) is 2. The Morgan fingerprint density at radius 3 is 2.32 bits per heavy atom. The number of urea groups is 1. The summed E-state index contributed by atoms with van der Waals surface area (Å²) in [6.07, 6.45) is -2.49. The van der Waals surface area contributed by atoms with Crippen LogP contribution in [0.4, 0.5) is 44.2 Å². The first-order chi connectivity index (χ1) is 17.8. The number of hydrogen-bond acceptors (Lipinski definition) is 4. The monoisotopic (exact) mass is 538 g/mol. The number of fused-ring (bicyclic) bond motifs is 1. The molecule has 7 nitrogen and oxygen atoms in total. The van der Waals surface area contributed by atoms with Crippen molar-refractivity contribution < 1.29 is 31.9 Å². The second-order valence-electron chi connectivity index (χ2n) is 9.81. The molecule has 4 rings (SSSR count). The van der Waals surface area contributed by atoms with Crippen molar-refractivity contribution in [3.63, 3.8) is 0 Å². The lowest BCUT2D eigenvalue weighted by Gasteiger charge is -2.32. The van der Waals surface area contributed by atoms with Gasteiger partial charge in [0.2, 0.25) is 0 Å². The summed E-state index contributed by atoms with van der Waals surface area (Å²) in [5.74, 6) is -0.270. The molecule has 1 fully saturated rings. The third-order valence-corrected chi connectivity index (χ3v) is 6.13. The Balaban J connectivity index is 0.000000230. The lowest BCUT2D eigenvalue weighted by atomic mass is 10.1. The van der Waals surface area contributed by atoms with Crippen LogP contribution in [0.5, 0.6) is 0 Å². The quantitative estimate of drug-likeness (QED) is 0.403. The average Bonchev–Trinajstić information content (AvgIpc) is 2.83. The van der Waals surface area contributed by atoms with E-state index in [0.717, 1.165) is 50.0 Å². The van der Waals surface area contributed by atoms with Crippen LogP contribution in [0.1, 0.15) is 58.1 Å². The summed E-state index contributed by atoms with van der Waals surface area (Å²) in [5, 5.41) is 5.19. The zero-order chi connectivity index (χ0) is 28.0. The molecule has 0 saturated carbocycles.